The molecule has 2 aromatic rings. The number of benzene rings is 1. The van der Waals surface area contributed by atoms with Gasteiger partial charge >= 0.3 is 0 Å². The van der Waals surface area contributed by atoms with Crippen molar-refractivity contribution >= 4 is 17.6 Å². The lowest BCUT2D eigenvalue weighted by Gasteiger charge is -2.17. The summed E-state index contributed by atoms with van der Waals surface area (Å²) in [6.45, 7) is 1.80. The van der Waals surface area contributed by atoms with Crippen LogP contribution in [-0.2, 0) is 9.59 Å². The third-order valence-electron chi connectivity index (χ3n) is 4.30. The molecule has 1 saturated carbocycles. The van der Waals surface area contributed by atoms with Crippen LogP contribution in [0.3, 0.4) is 0 Å². The average molecular weight is 341 g/mol. The van der Waals surface area contributed by atoms with Crippen LogP contribution in [0.1, 0.15) is 23.6 Å². The van der Waals surface area contributed by atoms with Gasteiger partial charge in [-0.1, -0.05) is 18.2 Å². The standard InChI is InChI=1S/C19H20FN3O2/c1-12-5-3-8-17(21-12)22-18(24)11-23(2)19(25)16-10-15(16)13-6-4-7-14(20)9-13/h3-9,15-16H,10-11H2,1-2H3,(H,21,22,24)/t15-,16-/m0/s1. The fraction of sp³-hybridized carbons (Fsp3) is 0.316. The Labute approximate surface area is 145 Å². The van der Waals surface area contributed by atoms with Crippen LogP contribution in [0.2, 0.25) is 0 Å². The molecule has 1 fully saturated rings. The largest absolute Gasteiger partial charge is 0.336 e. The van der Waals surface area contributed by atoms with E-state index in [0.29, 0.717) is 12.2 Å². The molecular weight excluding hydrogens is 321 g/mol. The molecule has 1 N–H and O–H groups in total. The fourth-order valence-corrected chi connectivity index (χ4v) is 2.94. The summed E-state index contributed by atoms with van der Waals surface area (Å²) >= 11 is 0. The van der Waals surface area contributed by atoms with Crippen molar-refractivity contribution in [3.8, 4) is 0 Å². The lowest BCUT2D eigenvalue weighted by atomic mass is 10.1. The monoisotopic (exact) mass is 341 g/mol. The highest BCUT2D eigenvalue weighted by Gasteiger charge is 2.45. The van der Waals surface area contributed by atoms with E-state index in [0.717, 1.165) is 11.3 Å². The fourth-order valence-electron chi connectivity index (χ4n) is 2.94. The lowest BCUT2D eigenvalue weighted by Crippen LogP contribution is -2.36. The SMILES string of the molecule is Cc1cccc(NC(=O)CN(C)C(=O)[C@H]2C[C@H]2c2cccc(F)c2)n1. The van der Waals surface area contributed by atoms with Crippen LogP contribution in [0, 0.1) is 18.7 Å². The van der Waals surface area contributed by atoms with Crippen molar-refractivity contribution in [1.82, 2.24) is 9.88 Å². The van der Waals surface area contributed by atoms with Gasteiger partial charge < -0.3 is 10.2 Å². The first kappa shape index (κ1) is 17.1. The van der Waals surface area contributed by atoms with Crippen LogP contribution in [0.4, 0.5) is 10.2 Å². The first-order valence-corrected chi connectivity index (χ1v) is 8.18. The molecule has 25 heavy (non-hydrogen) atoms. The number of pyridine rings is 1. The third-order valence-corrected chi connectivity index (χ3v) is 4.30. The Morgan fingerprint density at radius 2 is 2.04 bits per heavy atom. The van der Waals surface area contributed by atoms with E-state index in [1.807, 2.05) is 19.1 Å². The summed E-state index contributed by atoms with van der Waals surface area (Å²) in [4.78, 5) is 30.1. The maximum atomic E-state index is 13.3. The Hall–Kier alpha value is -2.76. The topological polar surface area (TPSA) is 62.3 Å². The number of amides is 2. The van der Waals surface area contributed by atoms with Crippen molar-refractivity contribution in [3.63, 3.8) is 0 Å². The Morgan fingerprint density at radius 3 is 2.76 bits per heavy atom. The molecule has 0 unspecified atom stereocenters. The molecule has 0 spiro atoms. The van der Waals surface area contributed by atoms with Gasteiger partial charge in [0.05, 0.1) is 6.54 Å². The van der Waals surface area contributed by atoms with Crippen molar-refractivity contribution < 1.29 is 14.0 Å². The molecule has 1 aliphatic carbocycles. The van der Waals surface area contributed by atoms with E-state index in [1.54, 1.807) is 25.2 Å². The molecule has 0 saturated heterocycles. The predicted molar refractivity (Wildman–Crippen MR) is 92.5 cm³/mol. The molecule has 1 aromatic heterocycles. The molecular formula is C19H20FN3O2. The molecule has 5 nitrogen and oxygen atoms in total. The number of hydrogen-bond acceptors (Lipinski definition) is 3. The van der Waals surface area contributed by atoms with E-state index >= 15 is 0 Å². The minimum absolute atomic E-state index is 0.0344. The second kappa shape index (κ2) is 7.01. The van der Waals surface area contributed by atoms with Crippen molar-refractivity contribution in [2.24, 2.45) is 5.92 Å². The number of anilines is 1. The highest BCUT2D eigenvalue weighted by atomic mass is 19.1. The summed E-state index contributed by atoms with van der Waals surface area (Å²) in [6, 6.07) is 11.7. The summed E-state index contributed by atoms with van der Waals surface area (Å²) < 4.78 is 13.3. The van der Waals surface area contributed by atoms with Crippen LogP contribution in [-0.4, -0.2) is 35.3 Å². The Kier molecular flexibility index (Phi) is 4.79. The Morgan fingerprint density at radius 1 is 1.28 bits per heavy atom. The molecule has 2 atom stereocenters. The number of carbonyl (C=O) groups excluding carboxylic acids is 2. The third kappa shape index (κ3) is 4.21. The van der Waals surface area contributed by atoms with E-state index in [4.69, 9.17) is 0 Å². The van der Waals surface area contributed by atoms with Crippen LogP contribution in [0.5, 0.6) is 0 Å². The van der Waals surface area contributed by atoms with Gasteiger partial charge in [0.2, 0.25) is 11.8 Å². The minimum atomic E-state index is -0.297. The van der Waals surface area contributed by atoms with Gasteiger partial charge in [-0.3, -0.25) is 9.59 Å². The Bertz CT molecular complexity index is 809. The summed E-state index contributed by atoms with van der Waals surface area (Å²) in [5.74, 6) is -0.369. The van der Waals surface area contributed by atoms with E-state index in [1.165, 1.54) is 17.0 Å². The van der Waals surface area contributed by atoms with Crippen molar-refractivity contribution in [1.29, 1.82) is 0 Å². The lowest BCUT2D eigenvalue weighted by molar-refractivity contribution is -0.134. The normalized spacial score (nSPS) is 18.5. The zero-order valence-corrected chi connectivity index (χ0v) is 14.2. The highest BCUT2D eigenvalue weighted by molar-refractivity contribution is 5.94. The molecule has 0 aliphatic heterocycles. The number of hydrogen-bond donors (Lipinski definition) is 1. The van der Waals surface area contributed by atoms with E-state index in [-0.39, 0.29) is 36.0 Å². The summed E-state index contributed by atoms with van der Waals surface area (Å²) in [5, 5.41) is 2.68. The van der Waals surface area contributed by atoms with Crippen molar-refractivity contribution in [2.75, 3.05) is 18.9 Å². The van der Waals surface area contributed by atoms with E-state index in [9.17, 15) is 14.0 Å². The van der Waals surface area contributed by atoms with Crippen LogP contribution in [0.15, 0.2) is 42.5 Å². The molecule has 3 rings (SSSR count). The second-order valence-corrected chi connectivity index (χ2v) is 6.41. The maximum absolute atomic E-state index is 13.3. The van der Waals surface area contributed by atoms with E-state index < -0.39 is 0 Å². The summed E-state index contributed by atoms with van der Waals surface area (Å²) in [5.41, 5.74) is 1.64. The van der Waals surface area contributed by atoms with Gasteiger partial charge in [0, 0.05) is 18.7 Å². The van der Waals surface area contributed by atoms with Gasteiger partial charge in [-0.05, 0) is 49.1 Å². The molecule has 0 radical (unpaired) electrons. The zero-order valence-electron chi connectivity index (χ0n) is 14.2. The van der Waals surface area contributed by atoms with E-state index in [2.05, 4.69) is 10.3 Å². The summed E-state index contributed by atoms with van der Waals surface area (Å²) in [6.07, 6.45) is 0.688. The number of aromatic nitrogens is 1. The first-order chi connectivity index (χ1) is 11.9. The minimum Gasteiger partial charge on any atom is -0.336 e. The second-order valence-electron chi connectivity index (χ2n) is 6.41. The maximum Gasteiger partial charge on any atom is 0.245 e. The van der Waals surface area contributed by atoms with Crippen LogP contribution >= 0.6 is 0 Å². The van der Waals surface area contributed by atoms with Gasteiger partial charge in [-0.2, -0.15) is 0 Å². The van der Waals surface area contributed by atoms with Gasteiger partial charge in [-0.25, -0.2) is 9.37 Å². The number of nitrogens with one attached hydrogen (secondary N) is 1. The number of likely N-dealkylation sites (N-methyl/N-ethyl adjacent to an activating group) is 1. The molecule has 2 amide bonds. The van der Waals surface area contributed by atoms with Crippen LogP contribution in [0.25, 0.3) is 0 Å². The molecule has 6 heteroatoms. The number of aryl methyl sites for hydroxylation is 1. The first-order valence-electron chi connectivity index (χ1n) is 8.18. The Balaban J connectivity index is 1.54. The van der Waals surface area contributed by atoms with Crippen LogP contribution < -0.4 is 5.32 Å². The molecule has 1 aromatic carbocycles. The van der Waals surface area contributed by atoms with Crippen molar-refractivity contribution in [3.05, 3.63) is 59.5 Å². The molecule has 0 bridgehead atoms. The van der Waals surface area contributed by atoms with Gasteiger partial charge in [0.15, 0.2) is 0 Å². The average Bonchev–Trinajstić information content (AvgIpc) is 3.34. The number of halogens is 1. The number of nitrogens with zero attached hydrogens (tertiary/aromatic N) is 2. The van der Waals surface area contributed by atoms with Gasteiger partial charge in [0.25, 0.3) is 0 Å². The van der Waals surface area contributed by atoms with Gasteiger partial charge in [-0.15, -0.1) is 0 Å². The zero-order chi connectivity index (χ0) is 18.0. The highest BCUT2D eigenvalue weighted by Crippen LogP contribution is 2.48. The number of rotatable bonds is 5. The molecule has 1 heterocycles. The number of carbonyl (C=O) groups is 2. The van der Waals surface area contributed by atoms with Gasteiger partial charge in [0.1, 0.15) is 11.6 Å². The summed E-state index contributed by atoms with van der Waals surface area (Å²) in [7, 11) is 1.60. The molecule has 1 aliphatic rings. The smallest absolute Gasteiger partial charge is 0.245 e. The quantitative estimate of drug-likeness (QED) is 0.909. The molecule has 130 valence electrons. The predicted octanol–water partition coefficient (Wildman–Crippen LogP) is 2.73. The van der Waals surface area contributed by atoms with Crippen molar-refractivity contribution in [2.45, 2.75) is 19.3 Å².